The van der Waals surface area contributed by atoms with Crippen molar-refractivity contribution in [1.29, 1.82) is 0 Å². The molecule has 1 aliphatic heterocycles. The van der Waals surface area contributed by atoms with Gasteiger partial charge in [0.25, 0.3) is 0 Å². The molecule has 0 radical (unpaired) electrons. The monoisotopic (exact) mass is 1010 g/mol. The maximum atomic E-state index is 4.55. The molecule has 1 fully saturated rings. The van der Waals surface area contributed by atoms with E-state index in [9.17, 15) is 0 Å². The third-order valence-corrected chi connectivity index (χ3v) is 14.9. The van der Waals surface area contributed by atoms with Crippen LogP contribution in [0.4, 0.5) is 5.69 Å². The molecular formula is C70H95N5. The van der Waals surface area contributed by atoms with Crippen LogP contribution < -0.4 is 10.3 Å². The number of likely N-dealkylation sites (N-methyl/N-ethyl adjacent to an activating group) is 2. The molecule has 1 N–H and O–H groups in total. The van der Waals surface area contributed by atoms with Crippen LogP contribution in [0.15, 0.2) is 256 Å². The van der Waals surface area contributed by atoms with Crippen LogP contribution in [0.3, 0.4) is 0 Å². The quantitative estimate of drug-likeness (QED) is 0.124. The van der Waals surface area contributed by atoms with Gasteiger partial charge in [-0.25, -0.2) is 0 Å². The van der Waals surface area contributed by atoms with Gasteiger partial charge in [0, 0.05) is 62.1 Å². The lowest BCUT2D eigenvalue weighted by Gasteiger charge is -2.38. The highest BCUT2D eigenvalue weighted by Gasteiger charge is 2.36. The number of nitrogens with zero attached hydrogens (tertiary/aromatic N) is 4. The van der Waals surface area contributed by atoms with E-state index in [1.54, 1.807) is 0 Å². The van der Waals surface area contributed by atoms with Crippen molar-refractivity contribution in [3.63, 3.8) is 0 Å². The van der Waals surface area contributed by atoms with Crippen molar-refractivity contribution in [3.8, 4) is 0 Å². The van der Waals surface area contributed by atoms with E-state index < -0.39 is 0 Å². The second-order valence-electron chi connectivity index (χ2n) is 19.7. The molecule has 0 bridgehead atoms. The first-order chi connectivity index (χ1) is 36.3. The van der Waals surface area contributed by atoms with E-state index >= 15 is 0 Å². The normalized spacial score (nSPS) is 23.0. The number of anilines is 1. The number of hydrogen-bond donors (Lipinski definition) is 1. The zero-order valence-corrected chi connectivity index (χ0v) is 49.1. The first-order valence-corrected chi connectivity index (χ1v) is 28.0. The van der Waals surface area contributed by atoms with Crippen molar-refractivity contribution in [2.75, 3.05) is 26.0 Å². The van der Waals surface area contributed by atoms with Crippen LogP contribution in [-0.4, -0.2) is 54.1 Å². The Bertz CT molecular complexity index is 2660. The summed E-state index contributed by atoms with van der Waals surface area (Å²) in [7, 11) is 6.41. The summed E-state index contributed by atoms with van der Waals surface area (Å²) in [5, 5.41) is 2.07. The van der Waals surface area contributed by atoms with Crippen LogP contribution in [0.1, 0.15) is 128 Å². The van der Waals surface area contributed by atoms with Gasteiger partial charge in [-0.15, -0.1) is 0 Å². The highest BCUT2D eigenvalue weighted by molar-refractivity contribution is 5.59. The minimum Gasteiger partial charge on any atom is -0.372 e. The molecular weight excluding hydrogens is 911 g/mol. The lowest BCUT2D eigenvalue weighted by Crippen LogP contribution is -2.37. The first kappa shape index (κ1) is 60.8. The molecule has 75 heavy (non-hydrogen) atoms. The van der Waals surface area contributed by atoms with Crippen LogP contribution in [0.25, 0.3) is 0 Å². The van der Waals surface area contributed by atoms with Crippen LogP contribution in [0.2, 0.25) is 0 Å². The summed E-state index contributed by atoms with van der Waals surface area (Å²) < 4.78 is 0. The summed E-state index contributed by atoms with van der Waals surface area (Å²) in [6, 6.07) is 11.2. The third kappa shape index (κ3) is 16.6. The molecule has 400 valence electrons. The van der Waals surface area contributed by atoms with Gasteiger partial charge in [-0.3, -0.25) is 5.01 Å². The van der Waals surface area contributed by atoms with Gasteiger partial charge in [0.15, 0.2) is 0 Å². The van der Waals surface area contributed by atoms with Gasteiger partial charge in [0.1, 0.15) is 0 Å². The predicted octanol–water partition coefficient (Wildman–Crippen LogP) is 18.3. The Balaban J connectivity index is 0.00000297. The Kier molecular flexibility index (Phi) is 25.3. The van der Waals surface area contributed by atoms with E-state index in [0.29, 0.717) is 12.0 Å². The van der Waals surface area contributed by atoms with Crippen LogP contribution in [-0.2, 0) is 0 Å². The van der Waals surface area contributed by atoms with Gasteiger partial charge in [-0.1, -0.05) is 176 Å². The van der Waals surface area contributed by atoms with E-state index in [0.717, 1.165) is 53.2 Å². The first-order valence-electron chi connectivity index (χ1n) is 28.0. The minimum atomic E-state index is 0.0515. The smallest absolute Gasteiger partial charge is 0.0667 e. The number of benzene rings is 1. The molecule has 6 rings (SSSR count). The lowest BCUT2D eigenvalue weighted by molar-refractivity contribution is 0.178. The second kappa shape index (κ2) is 31.2. The van der Waals surface area contributed by atoms with Gasteiger partial charge in [-0.2, -0.15) is 0 Å². The average Bonchev–Trinajstić information content (AvgIpc) is 3.72. The van der Waals surface area contributed by atoms with Gasteiger partial charge in [0.2, 0.25) is 0 Å². The summed E-state index contributed by atoms with van der Waals surface area (Å²) in [6.07, 6.45) is 57.3. The Hall–Kier alpha value is -6.72. The molecule has 4 aliphatic carbocycles. The highest BCUT2D eigenvalue weighted by Crippen LogP contribution is 2.43. The van der Waals surface area contributed by atoms with E-state index in [4.69, 9.17) is 0 Å². The van der Waals surface area contributed by atoms with E-state index in [-0.39, 0.29) is 12.1 Å². The molecule has 5 nitrogen and oxygen atoms in total. The standard InChI is InChI=1S/C66H83N5.2C2H6/c1-14-55(41-40-52(8)69(12)65-36-25-24-28-49(65)5)56(15-2)47-64-54(10)71(61-35-26-30-58(42-44-61)62(16-3)50(6)46-53(9)68(11)59-31-22-19-23-32-59)66-37-27-29-57(43-45-63(64)66)48(4)38-39-51(7)67-70(13)60-33-20-17-18-21-34-60;2*1-2/h14-17,19-23,26-27,29-35,38-44,46-47,49,54,61,65,67H,3,8,18,24-25,28,36-37,45H2,1-2,4-7,9-13H3;2*1-2H3/b29-27?,41-40-,48-38+,51-39+,53-46+,55-14+,56-15+,57-43+,62-50+,64-47+;;/t49-,54?,61?,65?;;/m0../s1. The Morgan fingerprint density at radius 1 is 0.773 bits per heavy atom. The second-order valence-corrected chi connectivity index (χ2v) is 19.7. The van der Waals surface area contributed by atoms with E-state index in [1.165, 1.54) is 76.1 Å². The molecule has 0 amide bonds. The summed E-state index contributed by atoms with van der Waals surface area (Å²) in [6.45, 7) is 34.7. The van der Waals surface area contributed by atoms with Gasteiger partial charge < -0.3 is 20.1 Å². The number of hydrogen-bond acceptors (Lipinski definition) is 5. The lowest BCUT2D eigenvalue weighted by atomic mass is 9.85. The Morgan fingerprint density at radius 3 is 2.19 bits per heavy atom. The molecule has 3 unspecified atom stereocenters. The third-order valence-electron chi connectivity index (χ3n) is 14.9. The van der Waals surface area contributed by atoms with Crippen LogP contribution in [0, 0.1) is 5.92 Å². The number of rotatable bonds is 17. The molecule has 1 aromatic carbocycles. The van der Waals surface area contributed by atoms with Gasteiger partial charge in [-0.05, 0) is 179 Å². The zero-order valence-electron chi connectivity index (χ0n) is 49.1. The van der Waals surface area contributed by atoms with Gasteiger partial charge >= 0.3 is 0 Å². The molecule has 4 atom stereocenters. The average molecular weight is 1010 g/mol. The summed E-state index contributed by atoms with van der Waals surface area (Å²) in [5.41, 5.74) is 21.6. The Morgan fingerprint density at radius 2 is 1.49 bits per heavy atom. The molecule has 0 saturated heterocycles. The fourth-order valence-corrected chi connectivity index (χ4v) is 10.5. The van der Waals surface area contributed by atoms with E-state index in [1.807, 2.05) is 33.8 Å². The molecule has 5 aliphatic rings. The maximum Gasteiger partial charge on any atom is 0.0667 e. The molecule has 0 aromatic heterocycles. The molecule has 1 saturated carbocycles. The molecule has 1 aromatic rings. The Labute approximate surface area is 457 Å². The molecule has 0 spiro atoms. The van der Waals surface area contributed by atoms with E-state index in [2.05, 4.69) is 273 Å². The van der Waals surface area contributed by atoms with Gasteiger partial charge in [0.05, 0.1) is 17.8 Å². The number of para-hydroxylation sites is 1. The summed E-state index contributed by atoms with van der Waals surface area (Å²) in [5.74, 6) is 0.677. The SMILES string of the molecule is C=C/C(C1=CC=CC(N2C3=C(C/C=C(/C(C)=C/C=C(\C)NN(C)C4=CC=CCC=C4)C=CC3)/C(=C/C(=C\C)C(/C=C\C(=C)N(C)C3CCCC[C@@H]3C)=C/C)C2C)C=C1)=C(C)\C=C(/C)N(C)c1ccccc1.CC.CC. The summed E-state index contributed by atoms with van der Waals surface area (Å²) >= 11 is 0. The van der Waals surface area contributed by atoms with Crippen LogP contribution >= 0.6 is 0 Å². The molecule has 5 heteroatoms. The van der Waals surface area contributed by atoms with Crippen molar-refractivity contribution in [1.82, 2.24) is 20.2 Å². The largest absolute Gasteiger partial charge is 0.372 e. The highest BCUT2D eigenvalue weighted by atomic mass is 15.5. The number of nitrogens with one attached hydrogen (secondary N) is 1. The van der Waals surface area contributed by atoms with Crippen molar-refractivity contribution in [2.24, 2.45) is 5.92 Å². The minimum absolute atomic E-state index is 0.0515. The fraction of sp³-hybridized carbons (Fsp3) is 0.371. The van der Waals surface area contributed by atoms with Crippen molar-refractivity contribution in [2.45, 2.75) is 146 Å². The van der Waals surface area contributed by atoms with Crippen molar-refractivity contribution < 1.29 is 0 Å². The topological polar surface area (TPSA) is 25.0 Å². The van der Waals surface area contributed by atoms with Crippen molar-refractivity contribution >= 4 is 5.69 Å². The molecule has 1 heterocycles. The number of allylic oxidation sites excluding steroid dienone is 29. The van der Waals surface area contributed by atoms with Crippen LogP contribution in [0.5, 0.6) is 0 Å². The zero-order chi connectivity index (χ0) is 55.0. The number of hydrazine groups is 1. The predicted molar refractivity (Wildman–Crippen MR) is 332 cm³/mol. The fourth-order valence-electron chi connectivity index (χ4n) is 10.5. The maximum absolute atomic E-state index is 4.55. The summed E-state index contributed by atoms with van der Waals surface area (Å²) in [4.78, 5) is 7.30. The van der Waals surface area contributed by atoms with Crippen molar-refractivity contribution in [3.05, 3.63) is 256 Å².